The molecule has 0 spiro atoms. The average molecular weight is 482 g/mol. The fraction of sp³-hybridized carbons (Fsp3) is 0.400. The maximum absolute atomic E-state index is 12.9. The molecule has 1 saturated heterocycles. The maximum atomic E-state index is 12.9. The van der Waals surface area contributed by atoms with Crippen LogP contribution in [-0.2, 0) is 29.7 Å². The van der Waals surface area contributed by atoms with E-state index in [-0.39, 0.29) is 5.91 Å². The highest BCUT2D eigenvalue weighted by Gasteiger charge is 2.20. The van der Waals surface area contributed by atoms with Crippen molar-refractivity contribution in [2.24, 2.45) is 7.05 Å². The molecular weight excluding hydrogens is 450 g/mol. The lowest BCUT2D eigenvalue weighted by Gasteiger charge is -2.27. The van der Waals surface area contributed by atoms with Gasteiger partial charge in [0.2, 0.25) is 11.9 Å². The fourth-order valence-corrected chi connectivity index (χ4v) is 4.53. The Labute approximate surface area is 204 Å². The number of nitrogens with zero attached hydrogens (tertiary/aromatic N) is 5. The molecule has 0 bridgehead atoms. The molecule has 1 fully saturated rings. The first-order chi connectivity index (χ1) is 16.6. The fourth-order valence-electron chi connectivity index (χ4n) is 3.72. The van der Waals surface area contributed by atoms with Crippen molar-refractivity contribution in [3.8, 4) is 5.75 Å². The molecular formula is C25H31N5O3S. The molecule has 2 aromatic carbocycles. The summed E-state index contributed by atoms with van der Waals surface area (Å²) in [7, 11) is 1.94. The lowest BCUT2D eigenvalue weighted by atomic mass is 10.2. The number of rotatable bonds is 10. The number of carbonyl (C=O) groups excluding carboxylic acids is 1. The van der Waals surface area contributed by atoms with Gasteiger partial charge in [-0.25, -0.2) is 0 Å². The Hall–Kier alpha value is -3.04. The smallest absolute Gasteiger partial charge is 0.233 e. The summed E-state index contributed by atoms with van der Waals surface area (Å²) in [5, 5.41) is 9.35. The van der Waals surface area contributed by atoms with E-state index < -0.39 is 0 Å². The van der Waals surface area contributed by atoms with Gasteiger partial charge in [-0.1, -0.05) is 54.2 Å². The number of hydrogen-bond donors (Lipinski definition) is 0. The van der Waals surface area contributed by atoms with Gasteiger partial charge < -0.3 is 19.3 Å². The third-order valence-corrected chi connectivity index (χ3v) is 6.72. The number of morpholine rings is 1. The summed E-state index contributed by atoms with van der Waals surface area (Å²) in [5.74, 6) is 2.03. The van der Waals surface area contributed by atoms with Crippen LogP contribution in [0.1, 0.15) is 18.1 Å². The predicted molar refractivity (Wildman–Crippen MR) is 133 cm³/mol. The standard InChI is InChI=1S/C25H31N5O3S/c1-3-29(17-20-9-11-22(12-10-20)33-18-21-7-5-4-6-8-21)23(31)19-34-25-27-26-24(28(25)2)30-13-15-32-16-14-30/h4-12H,3,13-19H2,1-2H3. The highest BCUT2D eigenvalue weighted by atomic mass is 32.2. The van der Waals surface area contributed by atoms with E-state index in [9.17, 15) is 4.79 Å². The number of aromatic nitrogens is 3. The second-order valence-corrected chi connectivity index (χ2v) is 9.00. The topological polar surface area (TPSA) is 72.7 Å². The summed E-state index contributed by atoms with van der Waals surface area (Å²) < 4.78 is 13.2. The number of thioether (sulfide) groups is 1. The van der Waals surface area contributed by atoms with Gasteiger partial charge in [-0.3, -0.25) is 9.36 Å². The van der Waals surface area contributed by atoms with Crippen LogP contribution in [0.15, 0.2) is 59.8 Å². The number of amides is 1. The molecule has 0 atom stereocenters. The molecule has 0 saturated carbocycles. The first-order valence-electron chi connectivity index (χ1n) is 11.5. The van der Waals surface area contributed by atoms with Gasteiger partial charge in [0, 0.05) is 33.2 Å². The van der Waals surface area contributed by atoms with Crippen LogP contribution in [0.4, 0.5) is 5.95 Å². The van der Waals surface area contributed by atoms with E-state index in [1.807, 2.05) is 78.0 Å². The van der Waals surface area contributed by atoms with Gasteiger partial charge in [-0.2, -0.15) is 0 Å². The van der Waals surface area contributed by atoms with Gasteiger partial charge >= 0.3 is 0 Å². The summed E-state index contributed by atoms with van der Waals surface area (Å²) in [4.78, 5) is 16.9. The van der Waals surface area contributed by atoms with Crippen LogP contribution in [0.25, 0.3) is 0 Å². The van der Waals surface area contributed by atoms with Crippen LogP contribution in [0.3, 0.4) is 0 Å². The van der Waals surface area contributed by atoms with Gasteiger partial charge in [0.15, 0.2) is 5.16 Å². The summed E-state index contributed by atoms with van der Waals surface area (Å²) >= 11 is 1.42. The van der Waals surface area contributed by atoms with E-state index in [1.54, 1.807) is 0 Å². The Morgan fingerprint density at radius 1 is 1.06 bits per heavy atom. The SMILES string of the molecule is CCN(Cc1ccc(OCc2ccccc2)cc1)C(=O)CSc1nnc(N2CCOCC2)n1C. The van der Waals surface area contributed by atoms with E-state index in [4.69, 9.17) is 9.47 Å². The molecule has 1 aliphatic rings. The molecule has 3 aromatic rings. The zero-order chi connectivity index (χ0) is 23.8. The Morgan fingerprint density at radius 3 is 2.50 bits per heavy atom. The minimum absolute atomic E-state index is 0.0767. The zero-order valence-corrected chi connectivity index (χ0v) is 20.5. The molecule has 1 aliphatic heterocycles. The molecule has 0 unspecified atom stereocenters. The van der Waals surface area contributed by atoms with E-state index in [2.05, 4.69) is 15.1 Å². The Morgan fingerprint density at radius 2 is 1.79 bits per heavy atom. The van der Waals surface area contributed by atoms with Crippen molar-refractivity contribution in [1.82, 2.24) is 19.7 Å². The second-order valence-electron chi connectivity index (χ2n) is 8.06. The quantitative estimate of drug-likeness (QED) is 0.411. The monoisotopic (exact) mass is 481 g/mol. The molecule has 2 heterocycles. The van der Waals surface area contributed by atoms with Crippen molar-refractivity contribution >= 4 is 23.6 Å². The molecule has 180 valence electrons. The first-order valence-corrected chi connectivity index (χ1v) is 12.5. The molecule has 34 heavy (non-hydrogen) atoms. The van der Waals surface area contributed by atoms with E-state index in [0.29, 0.717) is 38.7 Å². The number of hydrogen-bond acceptors (Lipinski definition) is 7. The number of ether oxygens (including phenoxy) is 2. The largest absolute Gasteiger partial charge is 0.489 e. The first kappa shape index (κ1) is 24.1. The normalized spacial score (nSPS) is 13.6. The van der Waals surface area contributed by atoms with Crippen molar-refractivity contribution in [3.05, 3.63) is 65.7 Å². The van der Waals surface area contributed by atoms with Crippen LogP contribution >= 0.6 is 11.8 Å². The van der Waals surface area contributed by atoms with Gasteiger partial charge in [0.25, 0.3) is 0 Å². The molecule has 0 radical (unpaired) electrons. The molecule has 1 amide bonds. The summed E-state index contributed by atoms with van der Waals surface area (Å²) in [6.45, 7) is 6.73. The Balaban J connectivity index is 1.28. The van der Waals surface area contributed by atoms with E-state index >= 15 is 0 Å². The second kappa shape index (κ2) is 11.9. The molecule has 0 N–H and O–H groups in total. The molecule has 1 aromatic heterocycles. The number of anilines is 1. The van der Waals surface area contributed by atoms with Crippen LogP contribution in [0, 0.1) is 0 Å². The van der Waals surface area contributed by atoms with E-state index in [1.165, 1.54) is 11.8 Å². The van der Waals surface area contributed by atoms with E-state index in [0.717, 1.165) is 41.1 Å². The third kappa shape index (κ3) is 6.30. The zero-order valence-electron chi connectivity index (χ0n) is 19.7. The van der Waals surface area contributed by atoms with Crippen molar-refractivity contribution in [3.63, 3.8) is 0 Å². The Bertz CT molecular complexity index is 1050. The van der Waals surface area contributed by atoms with Crippen LogP contribution in [0.5, 0.6) is 5.75 Å². The molecule has 8 nitrogen and oxygen atoms in total. The van der Waals surface area contributed by atoms with Crippen molar-refractivity contribution in [2.45, 2.75) is 25.2 Å². The summed E-state index contributed by atoms with van der Waals surface area (Å²) in [6, 6.07) is 18.0. The molecule has 9 heteroatoms. The maximum Gasteiger partial charge on any atom is 0.233 e. The number of carbonyl (C=O) groups is 1. The van der Waals surface area contributed by atoms with Crippen molar-refractivity contribution < 1.29 is 14.3 Å². The van der Waals surface area contributed by atoms with Gasteiger partial charge in [-0.15, -0.1) is 10.2 Å². The van der Waals surface area contributed by atoms with Gasteiger partial charge in [0.05, 0.1) is 19.0 Å². The minimum atomic E-state index is 0.0767. The lowest BCUT2D eigenvalue weighted by molar-refractivity contribution is -0.128. The van der Waals surface area contributed by atoms with Gasteiger partial charge in [-0.05, 0) is 30.2 Å². The number of benzene rings is 2. The van der Waals surface area contributed by atoms with Crippen molar-refractivity contribution in [2.75, 3.05) is 43.5 Å². The summed E-state index contributed by atoms with van der Waals surface area (Å²) in [6.07, 6.45) is 0. The molecule has 4 rings (SSSR count). The third-order valence-electron chi connectivity index (χ3n) is 5.71. The highest BCUT2D eigenvalue weighted by Crippen LogP contribution is 2.22. The van der Waals surface area contributed by atoms with Crippen LogP contribution < -0.4 is 9.64 Å². The summed E-state index contributed by atoms with van der Waals surface area (Å²) in [5.41, 5.74) is 2.20. The average Bonchev–Trinajstić information content (AvgIpc) is 3.26. The minimum Gasteiger partial charge on any atom is -0.489 e. The highest BCUT2D eigenvalue weighted by molar-refractivity contribution is 7.99. The van der Waals surface area contributed by atoms with Crippen molar-refractivity contribution in [1.29, 1.82) is 0 Å². The Kier molecular flexibility index (Phi) is 8.43. The lowest BCUT2D eigenvalue weighted by Crippen LogP contribution is -2.37. The predicted octanol–water partition coefficient (Wildman–Crippen LogP) is 3.37. The van der Waals surface area contributed by atoms with Gasteiger partial charge in [0.1, 0.15) is 12.4 Å². The van der Waals surface area contributed by atoms with Crippen LogP contribution in [-0.4, -0.2) is 64.2 Å². The van der Waals surface area contributed by atoms with Crippen LogP contribution in [0.2, 0.25) is 0 Å². The molecule has 0 aliphatic carbocycles.